The maximum atomic E-state index is 14.6. The molecule has 9 nitrogen and oxygen atoms in total. The molecule has 11 heteroatoms. The fourth-order valence-electron chi connectivity index (χ4n) is 4.93. The largest absolute Gasteiger partial charge is 0.382 e. The fraction of sp³-hybridized carbons (Fsp3) is 0.200. The minimum absolute atomic E-state index is 0.0562. The predicted octanol–water partition coefficient (Wildman–Crippen LogP) is 5.78. The van der Waals surface area contributed by atoms with E-state index in [0.717, 1.165) is 44.5 Å². The highest BCUT2D eigenvalue weighted by Gasteiger charge is 2.16. The van der Waals surface area contributed by atoms with Crippen molar-refractivity contribution >= 4 is 37.5 Å². The van der Waals surface area contributed by atoms with E-state index in [4.69, 9.17) is 0 Å². The number of benzene rings is 1. The Bertz CT molecular complexity index is 2010. The molecule has 0 aliphatic carbocycles. The zero-order valence-corrected chi connectivity index (χ0v) is 23.6. The number of rotatable bonds is 8. The zero-order chi connectivity index (χ0) is 28.7. The molecule has 0 unspecified atom stereocenters. The Morgan fingerprint density at radius 3 is 2.59 bits per heavy atom. The molecule has 208 valence electrons. The lowest BCUT2D eigenvalue weighted by atomic mass is 10.0. The van der Waals surface area contributed by atoms with E-state index >= 15 is 0 Å². The van der Waals surface area contributed by atoms with Crippen LogP contribution in [0.3, 0.4) is 0 Å². The van der Waals surface area contributed by atoms with E-state index < -0.39 is 15.7 Å². The van der Waals surface area contributed by atoms with Crippen LogP contribution in [0, 0.1) is 5.82 Å². The number of sulfone groups is 1. The zero-order valence-electron chi connectivity index (χ0n) is 22.7. The molecule has 0 aliphatic rings. The molecule has 0 saturated heterocycles. The summed E-state index contributed by atoms with van der Waals surface area (Å²) in [5, 5.41) is 12.5. The molecule has 0 spiro atoms. The van der Waals surface area contributed by atoms with Crippen LogP contribution in [0.25, 0.3) is 55.7 Å². The summed E-state index contributed by atoms with van der Waals surface area (Å²) in [5.41, 5.74) is 7.45. The molecule has 0 amide bonds. The third-order valence-corrected chi connectivity index (χ3v) is 7.69. The van der Waals surface area contributed by atoms with Crippen molar-refractivity contribution in [1.29, 1.82) is 0 Å². The summed E-state index contributed by atoms with van der Waals surface area (Å²) in [4.78, 5) is 16.9. The normalized spacial score (nSPS) is 12.0. The van der Waals surface area contributed by atoms with Crippen LogP contribution in [0.15, 0.2) is 67.3 Å². The number of hydrogen-bond donors (Lipinski definition) is 3. The molecule has 0 bridgehead atoms. The third-order valence-electron chi connectivity index (χ3n) is 6.75. The molecule has 6 rings (SSSR count). The maximum absolute atomic E-state index is 14.6. The number of aromatic nitrogens is 6. The maximum Gasteiger partial charge on any atom is 0.181 e. The van der Waals surface area contributed by atoms with Crippen molar-refractivity contribution in [1.82, 2.24) is 30.1 Å². The Balaban J connectivity index is 1.40. The summed E-state index contributed by atoms with van der Waals surface area (Å²) in [6, 6.07) is 12.7. The molecule has 0 radical (unpaired) electrons. The molecule has 0 fully saturated rings. The van der Waals surface area contributed by atoms with Crippen LogP contribution in [-0.4, -0.2) is 56.6 Å². The molecular formula is C30H28FN7O2S. The predicted molar refractivity (Wildman–Crippen MR) is 160 cm³/mol. The van der Waals surface area contributed by atoms with E-state index in [2.05, 4.69) is 49.3 Å². The topological polar surface area (TPSA) is 129 Å². The van der Waals surface area contributed by atoms with Crippen molar-refractivity contribution in [2.75, 3.05) is 17.3 Å². The Kier molecular flexibility index (Phi) is 6.74. The highest BCUT2D eigenvalue weighted by Crippen LogP contribution is 2.34. The smallest absolute Gasteiger partial charge is 0.181 e. The minimum atomic E-state index is -3.18. The quantitative estimate of drug-likeness (QED) is 0.212. The minimum Gasteiger partial charge on any atom is -0.382 e. The van der Waals surface area contributed by atoms with Gasteiger partial charge in [-0.15, -0.1) is 0 Å². The lowest BCUT2D eigenvalue weighted by Crippen LogP contribution is -2.09. The van der Waals surface area contributed by atoms with Crippen molar-refractivity contribution in [2.45, 2.75) is 26.3 Å². The number of hydrogen-bond acceptors (Lipinski definition) is 7. The Labute approximate surface area is 236 Å². The number of halogens is 1. The van der Waals surface area contributed by atoms with Crippen molar-refractivity contribution in [3.63, 3.8) is 0 Å². The van der Waals surface area contributed by atoms with Gasteiger partial charge in [-0.1, -0.05) is 0 Å². The van der Waals surface area contributed by atoms with Crippen LogP contribution in [0.1, 0.15) is 19.4 Å². The van der Waals surface area contributed by atoms with Gasteiger partial charge >= 0.3 is 0 Å². The van der Waals surface area contributed by atoms with E-state index in [1.807, 2.05) is 24.3 Å². The van der Waals surface area contributed by atoms with E-state index in [9.17, 15) is 12.8 Å². The monoisotopic (exact) mass is 569 g/mol. The molecule has 5 aromatic heterocycles. The number of fused-ring (bicyclic) bond motifs is 2. The third kappa shape index (κ3) is 5.66. The molecule has 5 heterocycles. The number of pyridine rings is 3. The van der Waals surface area contributed by atoms with Crippen LogP contribution in [0.4, 0.5) is 10.1 Å². The van der Waals surface area contributed by atoms with Crippen LogP contribution in [0.2, 0.25) is 0 Å². The molecule has 0 saturated carbocycles. The van der Waals surface area contributed by atoms with Gasteiger partial charge in [0.15, 0.2) is 5.65 Å². The summed E-state index contributed by atoms with van der Waals surface area (Å²) in [6.07, 6.45) is 8.43. The average molecular weight is 570 g/mol. The van der Waals surface area contributed by atoms with Gasteiger partial charge in [0, 0.05) is 70.1 Å². The second-order valence-electron chi connectivity index (χ2n) is 10.5. The first-order chi connectivity index (χ1) is 19.6. The van der Waals surface area contributed by atoms with Crippen molar-refractivity contribution in [3.8, 4) is 33.8 Å². The van der Waals surface area contributed by atoms with E-state index in [1.165, 1.54) is 18.4 Å². The van der Waals surface area contributed by atoms with Crippen LogP contribution < -0.4 is 5.32 Å². The number of H-pyrrole nitrogens is 2. The van der Waals surface area contributed by atoms with Crippen molar-refractivity contribution < 1.29 is 12.8 Å². The van der Waals surface area contributed by atoms with Gasteiger partial charge in [-0.25, -0.2) is 17.8 Å². The summed E-state index contributed by atoms with van der Waals surface area (Å²) in [7, 11) is -3.18. The lowest BCUT2D eigenvalue weighted by Gasteiger charge is -2.10. The fourth-order valence-corrected chi connectivity index (χ4v) is 5.53. The van der Waals surface area contributed by atoms with Gasteiger partial charge in [0.1, 0.15) is 15.7 Å². The summed E-state index contributed by atoms with van der Waals surface area (Å²) in [5.74, 6) is -0.500. The van der Waals surface area contributed by atoms with Gasteiger partial charge in [0.2, 0.25) is 0 Å². The van der Waals surface area contributed by atoms with Crippen LogP contribution >= 0.6 is 0 Å². The summed E-state index contributed by atoms with van der Waals surface area (Å²) < 4.78 is 37.9. The number of anilines is 1. The second kappa shape index (κ2) is 10.4. The van der Waals surface area contributed by atoms with Crippen molar-refractivity contribution in [3.05, 3.63) is 78.6 Å². The van der Waals surface area contributed by atoms with E-state index in [-0.39, 0.29) is 18.2 Å². The molecule has 41 heavy (non-hydrogen) atoms. The van der Waals surface area contributed by atoms with Gasteiger partial charge in [-0.05, 0) is 68.3 Å². The van der Waals surface area contributed by atoms with Gasteiger partial charge in [0.25, 0.3) is 0 Å². The van der Waals surface area contributed by atoms with Gasteiger partial charge in [0.05, 0.1) is 28.5 Å². The van der Waals surface area contributed by atoms with E-state index in [0.29, 0.717) is 22.5 Å². The van der Waals surface area contributed by atoms with Crippen molar-refractivity contribution in [2.24, 2.45) is 0 Å². The highest BCUT2D eigenvalue weighted by molar-refractivity contribution is 7.90. The summed E-state index contributed by atoms with van der Waals surface area (Å²) >= 11 is 0. The Morgan fingerprint density at radius 2 is 1.78 bits per heavy atom. The first kappa shape index (κ1) is 26.6. The SMILES string of the molecule is CC(C)Nc1cncc(-c2cnc3n[nH]c(-c4cc5c(-c6cc(F)cc(CCS(C)(=O)=O)c6)nccc5[nH]4)c3c2)c1. The van der Waals surface area contributed by atoms with Gasteiger partial charge < -0.3 is 10.3 Å². The highest BCUT2D eigenvalue weighted by atomic mass is 32.2. The number of aryl methyl sites for hydroxylation is 1. The number of aromatic amines is 2. The lowest BCUT2D eigenvalue weighted by molar-refractivity contribution is 0.600. The first-order valence-corrected chi connectivity index (χ1v) is 15.2. The standard InChI is InChI=1S/C30H28FN7O2S/c1-17(2)35-23-11-20(14-32-16-23)21-12-25-29(37-38-30(25)34-15-21)27-13-24-26(36-27)4-6-33-28(24)19-8-18(9-22(31)10-19)5-7-41(3,39)40/h4,6,8-17,35-36H,5,7H2,1-3H3,(H,34,37,38). The number of nitrogens with zero attached hydrogens (tertiary/aromatic N) is 4. The molecule has 0 aliphatic heterocycles. The first-order valence-electron chi connectivity index (χ1n) is 13.1. The number of nitrogens with one attached hydrogen (secondary N) is 3. The Morgan fingerprint density at radius 1 is 0.951 bits per heavy atom. The van der Waals surface area contributed by atoms with Gasteiger partial charge in [-0.2, -0.15) is 5.10 Å². The molecule has 0 atom stereocenters. The van der Waals surface area contributed by atoms with Gasteiger partial charge in [-0.3, -0.25) is 15.1 Å². The van der Waals surface area contributed by atoms with E-state index in [1.54, 1.807) is 30.9 Å². The van der Waals surface area contributed by atoms with Crippen LogP contribution in [-0.2, 0) is 16.3 Å². The van der Waals surface area contributed by atoms with Crippen LogP contribution in [0.5, 0.6) is 0 Å². The molecular weight excluding hydrogens is 541 g/mol. The Hall–Kier alpha value is -4.64. The molecule has 3 N–H and O–H groups in total. The molecule has 1 aromatic carbocycles. The second-order valence-corrected chi connectivity index (χ2v) is 12.7. The average Bonchev–Trinajstić information content (AvgIpc) is 3.54. The summed E-state index contributed by atoms with van der Waals surface area (Å²) in [6.45, 7) is 4.15. The molecule has 6 aromatic rings.